The first-order valence-electron chi connectivity index (χ1n) is 6.33. The third kappa shape index (κ3) is 2.57. The highest BCUT2D eigenvalue weighted by Gasteiger charge is 2.28. The third-order valence-electron chi connectivity index (χ3n) is 3.63. The van der Waals surface area contributed by atoms with Gasteiger partial charge in [0.05, 0.1) is 12.6 Å². The zero-order chi connectivity index (χ0) is 13.1. The molecule has 18 heavy (non-hydrogen) atoms. The lowest BCUT2D eigenvalue weighted by Crippen LogP contribution is -2.43. The second-order valence-electron chi connectivity index (χ2n) is 4.75. The second kappa shape index (κ2) is 5.54. The van der Waals surface area contributed by atoms with Crippen molar-refractivity contribution in [2.45, 2.75) is 38.3 Å². The van der Waals surface area contributed by atoms with Gasteiger partial charge < -0.3 is 14.6 Å². The summed E-state index contributed by atoms with van der Waals surface area (Å²) < 4.78 is 5.33. The van der Waals surface area contributed by atoms with E-state index < -0.39 is 5.97 Å². The molecule has 2 N–H and O–H groups in total. The topological polar surface area (TPSA) is 73.9 Å². The van der Waals surface area contributed by atoms with E-state index in [4.69, 9.17) is 9.52 Å². The fourth-order valence-electron chi connectivity index (χ4n) is 2.58. The highest BCUT2D eigenvalue weighted by Crippen LogP contribution is 2.29. The number of aromatic carboxylic acids is 1. The van der Waals surface area contributed by atoms with Crippen molar-refractivity contribution in [3.05, 3.63) is 23.7 Å². The molecule has 5 heteroatoms. The van der Waals surface area contributed by atoms with Crippen molar-refractivity contribution in [1.29, 1.82) is 0 Å². The van der Waals surface area contributed by atoms with Crippen LogP contribution in [0.4, 0.5) is 0 Å². The quantitative estimate of drug-likeness (QED) is 0.857. The van der Waals surface area contributed by atoms with Crippen LogP contribution in [0.2, 0.25) is 0 Å². The van der Waals surface area contributed by atoms with Crippen LogP contribution < -0.4 is 0 Å². The Labute approximate surface area is 106 Å². The highest BCUT2D eigenvalue weighted by atomic mass is 16.4. The van der Waals surface area contributed by atoms with Gasteiger partial charge >= 0.3 is 5.97 Å². The van der Waals surface area contributed by atoms with Crippen LogP contribution in [-0.4, -0.2) is 40.3 Å². The summed E-state index contributed by atoms with van der Waals surface area (Å²) in [5.41, 5.74) is 0. The molecule has 1 fully saturated rings. The summed E-state index contributed by atoms with van der Waals surface area (Å²) in [6, 6.07) is 3.33. The summed E-state index contributed by atoms with van der Waals surface area (Å²) in [6.07, 6.45) is 3.22. The van der Waals surface area contributed by atoms with Crippen LogP contribution in [0.1, 0.15) is 48.5 Å². The lowest BCUT2D eigenvalue weighted by molar-refractivity contribution is 0.0488. The molecule has 1 saturated heterocycles. The maximum atomic E-state index is 10.8. The minimum atomic E-state index is -1.05. The van der Waals surface area contributed by atoms with E-state index in [9.17, 15) is 9.90 Å². The molecule has 0 spiro atoms. The number of furan rings is 1. The maximum Gasteiger partial charge on any atom is 0.371 e. The molecular formula is C13H19NO4. The number of carboxylic acids is 1. The van der Waals surface area contributed by atoms with Gasteiger partial charge in [0.1, 0.15) is 5.76 Å². The number of aliphatic hydroxyl groups excluding tert-OH is 1. The summed E-state index contributed by atoms with van der Waals surface area (Å²) in [7, 11) is 0. The predicted molar refractivity (Wildman–Crippen MR) is 65.5 cm³/mol. The van der Waals surface area contributed by atoms with Crippen LogP contribution in [0.15, 0.2) is 16.5 Å². The van der Waals surface area contributed by atoms with Crippen LogP contribution >= 0.6 is 0 Å². The van der Waals surface area contributed by atoms with Gasteiger partial charge in [0.15, 0.2) is 0 Å². The Morgan fingerprint density at radius 2 is 2.33 bits per heavy atom. The van der Waals surface area contributed by atoms with E-state index >= 15 is 0 Å². The van der Waals surface area contributed by atoms with Crippen LogP contribution in [0.25, 0.3) is 0 Å². The largest absolute Gasteiger partial charge is 0.475 e. The van der Waals surface area contributed by atoms with Gasteiger partial charge in [0.2, 0.25) is 5.76 Å². The Balaban J connectivity index is 2.13. The molecule has 5 nitrogen and oxygen atoms in total. The first kappa shape index (κ1) is 13.1. The molecule has 0 radical (unpaired) electrons. The number of carboxylic acid groups (broad SMARTS) is 1. The molecule has 0 amide bonds. The van der Waals surface area contributed by atoms with E-state index in [0.29, 0.717) is 5.76 Å². The number of hydrogen-bond acceptors (Lipinski definition) is 4. The standard InChI is InChI=1S/C13H19NO4/c1-9(11-5-6-12(18-11)13(16)17)14-7-3-2-4-10(14)8-15/h5-6,9-10,15H,2-4,7-8H2,1H3,(H,16,17). The summed E-state index contributed by atoms with van der Waals surface area (Å²) in [5, 5.41) is 18.2. The highest BCUT2D eigenvalue weighted by molar-refractivity contribution is 5.84. The van der Waals surface area contributed by atoms with E-state index in [1.54, 1.807) is 6.07 Å². The molecule has 1 aliphatic rings. The first-order valence-corrected chi connectivity index (χ1v) is 6.33. The Morgan fingerprint density at radius 3 is 2.94 bits per heavy atom. The van der Waals surface area contributed by atoms with Crippen LogP contribution in [0.3, 0.4) is 0 Å². The number of piperidine rings is 1. The zero-order valence-corrected chi connectivity index (χ0v) is 10.5. The molecule has 0 aliphatic carbocycles. The molecule has 2 unspecified atom stereocenters. The lowest BCUT2D eigenvalue weighted by Gasteiger charge is -2.38. The molecule has 2 atom stereocenters. The monoisotopic (exact) mass is 253 g/mol. The molecule has 0 aromatic carbocycles. The van der Waals surface area contributed by atoms with Gasteiger partial charge in [0.25, 0.3) is 0 Å². The minimum absolute atomic E-state index is 0.00412. The van der Waals surface area contributed by atoms with E-state index in [2.05, 4.69) is 4.90 Å². The van der Waals surface area contributed by atoms with Gasteiger partial charge in [-0.2, -0.15) is 0 Å². The van der Waals surface area contributed by atoms with Gasteiger partial charge in [-0.05, 0) is 38.4 Å². The van der Waals surface area contributed by atoms with Gasteiger partial charge in [-0.3, -0.25) is 4.90 Å². The minimum Gasteiger partial charge on any atom is -0.475 e. The van der Waals surface area contributed by atoms with Crippen molar-refractivity contribution in [3.8, 4) is 0 Å². The summed E-state index contributed by atoms with van der Waals surface area (Å²) in [6.45, 7) is 3.03. The zero-order valence-electron chi connectivity index (χ0n) is 10.5. The van der Waals surface area contributed by atoms with Crippen LogP contribution in [0.5, 0.6) is 0 Å². The van der Waals surface area contributed by atoms with Crippen LogP contribution in [-0.2, 0) is 0 Å². The van der Waals surface area contributed by atoms with E-state index in [1.807, 2.05) is 6.92 Å². The molecule has 2 rings (SSSR count). The normalized spacial score (nSPS) is 22.9. The number of rotatable bonds is 4. The Hall–Kier alpha value is -1.33. The summed E-state index contributed by atoms with van der Waals surface area (Å²) >= 11 is 0. The summed E-state index contributed by atoms with van der Waals surface area (Å²) in [5.74, 6) is -0.437. The Bertz CT molecular complexity index is 415. The molecular weight excluding hydrogens is 234 g/mol. The van der Waals surface area contributed by atoms with Crippen molar-refractivity contribution < 1.29 is 19.4 Å². The summed E-state index contributed by atoms with van der Waals surface area (Å²) in [4.78, 5) is 13.0. The van der Waals surface area contributed by atoms with Crippen LogP contribution in [0, 0.1) is 0 Å². The Kier molecular flexibility index (Phi) is 4.04. The van der Waals surface area contributed by atoms with E-state index in [-0.39, 0.29) is 24.5 Å². The fraction of sp³-hybridized carbons (Fsp3) is 0.615. The maximum absolute atomic E-state index is 10.8. The molecule has 0 bridgehead atoms. The van der Waals surface area contributed by atoms with Crippen molar-refractivity contribution >= 4 is 5.97 Å². The number of likely N-dealkylation sites (tertiary alicyclic amines) is 1. The van der Waals surface area contributed by atoms with E-state index in [1.165, 1.54) is 6.07 Å². The molecule has 1 aromatic rings. The molecule has 1 aromatic heterocycles. The number of nitrogens with zero attached hydrogens (tertiary/aromatic N) is 1. The van der Waals surface area contributed by atoms with E-state index in [0.717, 1.165) is 25.8 Å². The first-order chi connectivity index (χ1) is 8.63. The average molecular weight is 253 g/mol. The van der Waals surface area contributed by atoms with Gasteiger partial charge in [-0.15, -0.1) is 0 Å². The predicted octanol–water partition coefficient (Wildman–Crippen LogP) is 1.89. The van der Waals surface area contributed by atoms with Crippen molar-refractivity contribution in [2.75, 3.05) is 13.2 Å². The van der Waals surface area contributed by atoms with Crippen molar-refractivity contribution in [3.63, 3.8) is 0 Å². The number of aliphatic hydroxyl groups is 1. The lowest BCUT2D eigenvalue weighted by atomic mass is 10.00. The van der Waals surface area contributed by atoms with Gasteiger partial charge in [0, 0.05) is 6.04 Å². The van der Waals surface area contributed by atoms with Gasteiger partial charge in [-0.25, -0.2) is 4.79 Å². The number of carbonyl (C=O) groups is 1. The second-order valence-corrected chi connectivity index (χ2v) is 4.75. The third-order valence-corrected chi connectivity index (χ3v) is 3.63. The fourth-order valence-corrected chi connectivity index (χ4v) is 2.58. The molecule has 2 heterocycles. The number of hydrogen-bond donors (Lipinski definition) is 2. The van der Waals surface area contributed by atoms with Crippen molar-refractivity contribution in [1.82, 2.24) is 4.90 Å². The SMILES string of the molecule is CC(c1ccc(C(=O)O)o1)N1CCCCC1CO. The smallest absolute Gasteiger partial charge is 0.371 e. The van der Waals surface area contributed by atoms with Gasteiger partial charge in [-0.1, -0.05) is 6.42 Å². The molecule has 100 valence electrons. The molecule has 1 aliphatic heterocycles. The Morgan fingerprint density at radius 1 is 1.56 bits per heavy atom. The average Bonchev–Trinajstić information content (AvgIpc) is 2.87. The van der Waals surface area contributed by atoms with Crippen molar-refractivity contribution in [2.24, 2.45) is 0 Å². The molecule has 0 saturated carbocycles.